The number of morpholine rings is 1. The second kappa shape index (κ2) is 6.46. The number of piperidine rings is 1. The zero-order valence-corrected chi connectivity index (χ0v) is 12.4. The molecule has 2 aliphatic rings. The van der Waals surface area contributed by atoms with Gasteiger partial charge in [0, 0.05) is 37.9 Å². The van der Waals surface area contributed by atoms with E-state index < -0.39 is 12.3 Å². The molecule has 2 saturated heterocycles. The average molecular weight is 314 g/mol. The first-order valence-electron chi connectivity index (χ1n) is 7.76. The monoisotopic (exact) mass is 314 g/mol. The highest BCUT2D eigenvalue weighted by Gasteiger charge is 2.44. The van der Waals surface area contributed by atoms with Gasteiger partial charge in [0.2, 0.25) is 0 Å². The standard InChI is InChI=1S/C16H21F3N2O/c17-16(18,19)15-12-21(10-11-22-15)14-6-8-20(9-7-14)13-4-2-1-3-5-13/h1-5,14-15H,6-12H2. The number of anilines is 1. The molecule has 2 aliphatic heterocycles. The van der Waals surface area contributed by atoms with Crippen molar-refractivity contribution < 1.29 is 17.9 Å². The van der Waals surface area contributed by atoms with Crippen LogP contribution in [-0.4, -0.2) is 56.0 Å². The van der Waals surface area contributed by atoms with Crippen molar-refractivity contribution in [1.29, 1.82) is 0 Å². The van der Waals surface area contributed by atoms with Gasteiger partial charge in [-0.3, -0.25) is 4.90 Å². The first kappa shape index (κ1) is 15.6. The van der Waals surface area contributed by atoms with Crippen molar-refractivity contribution in [3.8, 4) is 0 Å². The maximum absolute atomic E-state index is 12.8. The van der Waals surface area contributed by atoms with E-state index in [9.17, 15) is 13.2 Å². The van der Waals surface area contributed by atoms with Crippen molar-refractivity contribution in [2.24, 2.45) is 0 Å². The van der Waals surface area contributed by atoms with Crippen molar-refractivity contribution >= 4 is 5.69 Å². The van der Waals surface area contributed by atoms with Crippen LogP contribution in [0.3, 0.4) is 0 Å². The minimum absolute atomic E-state index is 0.0283. The van der Waals surface area contributed by atoms with Gasteiger partial charge in [0.05, 0.1) is 6.61 Å². The summed E-state index contributed by atoms with van der Waals surface area (Å²) in [5.41, 5.74) is 1.19. The highest BCUT2D eigenvalue weighted by molar-refractivity contribution is 5.46. The van der Waals surface area contributed by atoms with E-state index in [1.165, 1.54) is 5.69 Å². The Balaban J connectivity index is 1.55. The molecule has 3 rings (SSSR count). The van der Waals surface area contributed by atoms with Crippen LogP contribution in [0, 0.1) is 0 Å². The molecule has 3 nitrogen and oxygen atoms in total. The Morgan fingerprint density at radius 3 is 2.32 bits per heavy atom. The summed E-state index contributed by atoms with van der Waals surface area (Å²) in [7, 11) is 0. The van der Waals surface area contributed by atoms with Gasteiger partial charge in [-0.2, -0.15) is 13.2 Å². The second-order valence-corrected chi connectivity index (χ2v) is 5.95. The third kappa shape index (κ3) is 3.55. The quantitative estimate of drug-likeness (QED) is 0.835. The molecule has 2 fully saturated rings. The van der Waals surface area contributed by atoms with Gasteiger partial charge >= 0.3 is 6.18 Å². The van der Waals surface area contributed by atoms with Gasteiger partial charge in [-0.25, -0.2) is 0 Å². The molecule has 0 N–H and O–H groups in total. The van der Waals surface area contributed by atoms with Crippen molar-refractivity contribution in [3.05, 3.63) is 30.3 Å². The van der Waals surface area contributed by atoms with Crippen LogP contribution in [-0.2, 0) is 4.74 Å². The minimum Gasteiger partial charge on any atom is -0.371 e. The molecule has 1 atom stereocenters. The Morgan fingerprint density at radius 2 is 1.68 bits per heavy atom. The summed E-state index contributed by atoms with van der Waals surface area (Å²) < 4.78 is 43.3. The summed E-state index contributed by atoms with van der Waals surface area (Å²) in [5.74, 6) is 0. The van der Waals surface area contributed by atoms with Crippen molar-refractivity contribution in [2.45, 2.75) is 31.2 Å². The number of rotatable bonds is 2. The van der Waals surface area contributed by atoms with Crippen LogP contribution in [0.5, 0.6) is 0 Å². The number of benzene rings is 1. The van der Waals surface area contributed by atoms with Crippen LogP contribution in [0.25, 0.3) is 0 Å². The molecule has 2 heterocycles. The van der Waals surface area contributed by atoms with Crippen LogP contribution in [0.4, 0.5) is 18.9 Å². The number of hydrogen-bond acceptors (Lipinski definition) is 3. The molecule has 6 heteroatoms. The van der Waals surface area contributed by atoms with Crippen molar-refractivity contribution in [2.75, 3.05) is 37.7 Å². The summed E-state index contributed by atoms with van der Waals surface area (Å²) >= 11 is 0. The third-order valence-corrected chi connectivity index (χ3v) is 4.57. The van der Waals surface area contributed by atoms with E-state index in [-0.39, 0.29) is 19.2 Å². The van der Waals surface area contributed by atoms with E-state index in [0.29, 0.717) is 6.54 Å². The molecule has 1 aromatic rings. The molecule has 0 radical (unpaired) electrons. The number of hydrogen-bond donors (Lipinski definition) is 0. The molecular formula is C16H21F3N2O. The van der Waals surface area contributed by atoms with Crippen molar-refractivity contribution in [3.63, 3.8) is 0 Å². The highest BCUT2D eigenvalue weighted by atomic mass is 19.4. The summed E-state index contributed by atoms with van der Waals surface area (Å²) in [6.07, 6.45) is -4.09. The summed E-state index contributed by atoms with van der Waals surface area (Å²) in [5, 5.41) is 0. The minimum atomic E-state index is -4.26. The van der Waals surface area contributed by atoms with Crippen LogP contribution in [0.15, 0.2) is 30.3 Å². The number of alkyl halides is 3. The lowest BCUT2D eigenvalue weighted by Crippen LogP contribution is -2.54. The highest BCUT2D eigenvalue weighted by Crippen LogP contribution is 2.29. The van der Waals surface area contributed by atoms with Gasteiger partial charge in [0.1, 0.15) is 0 Å². The number of ether oxygens (including phenoxy) is 1. The summed E-state index contributed by atoms with van der Waals surface area (Å²) in [6, 6.07) is 10.4. The van der Waals surface area contributed by atoms with Crippen molar-refractivity contribution in [1.82, 2.24) is 4.90 Å². The Labute approximate surface area is 128 Å². The fraction of sp³-hybridized carbons (Fsp3) is 0.625. The Bertz CT molecular complexity index is 472. The van der Waals surface area contributed by atoms with E-state index in [4.69, 9.17) is 4.74 Å². The third-order valence-electron chi connectivity index (χ3n) is 4.57. The molecular weight excluding hydrogens is 293 g/mol. The molecule has 0 amide bonds. The van der Waals surface area contributed by atoms with Crippen LogP contribution >= 0.6 is 0 Å². The SMILES string of the molecule is FC(F)(F)C1CN(C2CCN(c3ccccc3)CC2)CCO1. The summed E-state index contributed by atoms with van der Waals surface area (Å²) in [4.78, 5) is 4.27. The van der Waals surface area contributed by atoms with E-state index in [0.717, 1.165) is 25.9 Å². The van der Waals surface area contributed by atoms with Gasteiger partial charge < -0.3 is 9.64 Å². The second-order valence-electron chi connectivity index (χ2n) is 5.95. The van der Waals surface area contributed by atoms with E-state index in [2.05, 4.69) is 17.0 Å². The number of halogens is 3. The Kier molecular flexibility index (Phi) is 4.59. The number of nitrogens with zero attached hydrogens (tertiary/aromatic N) is 2. The summed E-state index contributed by atoms with van der Waals surface area (Å²) in [6.45, 7) is 2.52. The van der Waals surface area contributed by atoms with Gasteiger partial charge in [-0.15, -0.1) is 0 Å². The van der Waals surface area contributed by atoms with Crippen LogP contribution < -0.4 is 4.90 Å². The molecule has 0 bridgehead atoms. The van der Waals surface area contributed by atoms with Gasteiger partial charge in [-0.1, -0.05) is 18.2 Å². The molecule has 1 unspecified atom stereocenters. The topological polar surface area (TPSA) is 15.7 Å². The fourth-order valence-electron chi connectivity index (χ4n) is 3.33. The molecule has 1 aromatic carbocycles. The van der Waals surface area contributed by atoms with E-state index in [1.807, 2.05) is 23.1 Å². The smallest absolute Gasteiger partial charge is 0.371 e. The Hall–Kier alpha value is -1.27. The first-order chi connectivity index (χ1) is 10.5. The average Bonchev–Trinajstić information content (AvgIpc) is 2.55. The lowest BCUT2D eigenvalue weighted by atomic mass is 10.0. The molecule has 0 aliphatic carbocycles. The predicted octanol–water partition coefficient (Wildman–Crippen LogP) is 2.92. The molecule has 0 aromatic heterocycles. The normalized spacial score (nSPS) is 25.4. The lowest BCUT2D eigenvalue weighted by Gasteiger charge is -2.43. The molecule has 0 spiro atoms. The van der Waals surface area contributed by atoms with Gasteiger partial charge in [-0.05, 0) is 25.0 Å². The first-order valence-corrected chi connectivity index (χ1v) is 7.76. The van der Waals surface area contributed by atoms with Crippen LogP contribution in [0.1, 0.15) is 12.8 Å². The maximum atomic E-state index is 12.8. The van der Waals surface area contributed by atoms with Gasteiger partial charge in [0.15, 0.2) is 6.10 Å². The molecule has 122 valence electrons. The Morgan fingerprint density at radius 1 is 1.00 bits per heavy atom. The fourth-order valence-corrected chi connectivity index (χ4v) is 3.33. The molecule has 22 heavy (non-hydrogen) atoms. The maximum Gasteiger partial charge on any atom is 0.415 e. The number of para-hydroxylation sites is 1. The van der Waals surface area contributed by atoms with E-state index in [1.54, 1.807) is 0 Å². The lowest BCUT2D eigenvalue weighted by molar-refractivity contribution is -0.239. The zero-order valence-electron chi connectivity index (χ0n) is 12.4. The largest absolute Gasteiger partial charge is 0.415 e. The molecule has 0 saturated carbocycles. The van der Waals surface area contributed by atoms with E-state index >= 15 is 0 Å². The zero-order chi connectivity index (χ0) is 15.6. The predicted molar refractivity (Wildman–Crippen MR) is 79.0 cm³/mol. The van der Waals surface area contributed by atoms with Crippen LogP contribution in [0.2, 0.25) is 0 Å². The van der Waals surface area contributed by atoms with Gasteiger partial charge in [0.25, 0.3) is 0 Å².